The molecule has 0 aliphatic rings. The van der Waals surface area contributed by atoms with Gasteiger partial charge in [0.25, 0.3) is 0 Å². The third kappa shape index (κ3) is 10.4. The maximum absolute atomic E-state index is 11.3. The van der Waals surface area contributed by atoms with Gasteiger partial charge in [-0.1, -0.05) is 39.5 Å². The van der Waals surface area contributed by atoms with E-state index in [0.29, 0.717) is 13.2 Å². The van der Waals surface area contributed by atoms with Crippen LogP contribution in [-0.2, 0) is 13.6 Å². The number of hydrogen-bond acceptors (Lipinski definition) is 3. The lowest BCUT2D eigenvalue weighted by molar-refractivity contribution is 0.145. The Balaban J connectivity index is 3.45. The van der Waals surface area contributed by atoms with Crippen LogP contribution in [0.2, 0.25) is 0 Å². The summed E-state index contributed by atoms with van der Waals surface area (Å²) in [5, 5.41) is 0. The average molecular weight is 238 g/mol. The van der Waals surface area contributed by atoms with E-state index in [4.69, 9.17) is 9.05 Å². The first-order valence-corrected chi connectivity index (χ1v) is 7.23. The second-order valence-electron chi connectivity index (χ2n) is 3.55. The lowest BCUT2D eigenvalue weighted by Crippen LogP contribution is -1.98. The van der Waals surface area contributed by atoms with Gasteiger partial charge in [-0.3, -0.25) is 9.05 Å². The maximum atomic E-state index is 11.3. The molecule has 92 valence electrons. The molecular formula is C10H23O4P. The number of hydrogen-bond donors (Lipinski definition) is 1. The summed E-state index contributed by atoms with van der Waals surface area (Å²) in [6.07, 6.45) is 5.76. The van der Waals surface area contributed by atoms with Gasteiger partial charge in [0.15, 0.2) is 0 Å². The zero-order chi connectivity index (χ0) is 11.6. The standard InChI is InChI=1S/C10H23O4P/c1-3-5-7-9-13-15(11,12)14-10-8-6-4-2/h3-10H2,1-2H3,(H,11,12). The Labute approximate surface area is 92.6 Å². The molecule has 0 saturated carbocycles. The highest BCUT2D eigenvalue weighted by Gasteiger charge is 2.19. The number of unbranched alkanes of at least 4 members (excludes halogenated alkanes) is 4. The van der Waals surface area contributed by atoms with Crippen molar-refractivity contribution in [2.24, 2.45) is 0 Å². The summed E-state index contributed by atoms with van der Waals surface area (Å²) in [7, 11) is -3.77. The molecule has 0 aromatic heterocycles. The average Bonchev–Trinajstić information content (AvgIpc) is 2.20. The molecule has 0 bridgehead atoms. The minimum Gasteiger partial charge on any atom is -0.302 e. The van der Waals surface area contributed by atoms with Gasteiger partial charge >= 0.3 is 7.82 Å². The van der Waals surface area contributed by atoms with Crippen LogP contribution < -0.4 is 0 Å². The van der Waals surface area contributed by atoms with Crippen LogP contribution in [0.4, 0.5) is 0 Å². The zero-order valence-electron chi connectivity index (χ0n) is 9.78. The molecule has 0 aliphatic heterocycles. The summed E-state index contributed by atoms with van der Waals surface area (Å²) in [5.74, 6) is 0. The smallest absolute Gasteiger partial charge is 0.302 e. The van der Waals surface area contributed by atoms with Crippen LogP contribution in [0.25, 0.3) is 0 Å². The molecule has 15 heavy (non-hydrogen) atoms. The Bertz CT molecular complexity index is 168. The Morgan fingerprint density at radius 1 is 0.933 bits per heavy atom. The maximum Gasteiger partial charge on any atom is 0.472 e. The Hall–Kier alpha value is 0.110. The molecule has 1 N–H and O–H groups in total. The van der Waals surface area contributed by atoms with Crippen molar-refractivity contribution in [3.8, 4) is 0 Å². The monoisotopic (exact) mass is 238 g/mol. The predicted molar refractivity (Wildman–Crippen MR) is 60.8 cm³/mol. The van der Waals surface area contributed by atoms with Gasteiger partial charge < -0.3 is 4.89 Å². The lowest BCUT2D eigenvalue weighted by atomic mass is 10.3. The van der Waals surface area contributed by atoms with Crippen LogP contribution in [0.5, 0.6) is 0 Å². The largest absolute Gasteiger partial charge is 0.472 e. The fourth-order valence-corrected chi connectivity index (χ4v) is 1.90. The van der Waals surface area contributed by atoms with Crippen molar-refractivity contribution in [2.75, 3.05) is 13.2 Å². The minimum atomic E-state index is -3.77. The van der Waals surface area contributed by atoms with Crippen molar-refractivity contribution in [1.29, 1.82) is 0 Å². The number of rotatable bonds is 10. The molecule has 0 spiro atoms. The molecule has 0 heterocycles. The number of phosphoric ester groups is 1. The van der Waals surface area contributed by atoms with Crippen molar-refractivity contribution in [3.63, 3.8) is 0 Å². The van der Waals surface area contributed by atoms with E-state index in [1.54, 1.807) is 0 Å². The number of phosphoric acid groups is 1. The molecule has 4 nitrogen and oxygen atoms in total. The molecule has 0 saturated heterocycles. The highest BCUT2D eigenvalue weighted by molar-refractivity contribution is 7.47. The minimum absolute atomic E-state index is 0.301. The first-order chi connectivity index (χ1) is 7.12. The summed E-state index contributed by atoms with van der Waals surface area (Å²) < 4.78 is 20.9. The molecule has 0 unspecified atom stereocenters. The van der Waals surface area contributed by atoms with Crippen molar-refractivity contribution in [1.82, 2.24) is 0 Å². The molecule has 0 aromatic rings. The Morgan fingerprint density at radius 3 is 1.67 bits per heavy atom. The summed E-state index contributed by atoms with van der Waals surface area (Å²) in [5.41, 5.74) is 0. The van der Waals surface area contributed by atoms with Crippen molar-refractivity contribution in [3.05, 3.63) is 0 Å². The SMILES string of the molecule is CCCCCOP(=O)(O)OCCCCC. The molecule has 0 fully saturated rings. The van der Waals surface area contributed by atoms with Gasteiger partial charge in [-0.05, 0) is 12.8 Å². The molecule has 0 amide bonds. The van der Waals surface area contributed by atoms with E-state index in [1.165, 1.54) is 0 Å². The molecule has 0 atom stereocenters. The van der Waals surface area contributed by atoms with Crippen LogP contribution >= 0.6 is 7.82 Å². The van der Waals surface area contributed by atoms with Crippen LogP contribution in [0.15, 0.2) is 0 Å². The van der Waals surface area contributed by atoms with Gasteiger partial charge in [0.05, 0.1) is 13.2 Å². The quantitative estimate of drug-likeness (QED) is 0.467. The van der Waals surface area contributed by atoms with E-state index in [2.05, 4.69) is 13.8 Å². The van der Waals surface area contributed by atoms with Crippen LogP contribution in [-0.4, -0.2) is 18.1 Å². The van der Waals surface area contributed by atoms with E-state index in [1.807, 2.05) is 0 Å². The Kier molecular flexibility index (Phi) is 9.41. The van der Waals surface area contributed by atoms with Gasteiger partial charge in [0.1, 0.15) is 0 Å². The molecule has 5 heteroatoms. The Morgan fingerprint density at radius 2 is 1.33 bits per heavy atom. The third-order valence-corrected chi connectivity index (χ3v) is 3.02. The summed E-state index contributed by atoms with van der Waals surface area (Å²) in [6, 6.07) is 0. The molecule has 0 radical (unpaired) electrons. The lowest BCUT2D eigenvalue weighted by Gasteiger charge is -2.11. The van der Waals surface area contributed by atoms with E-state index in [0.717, 1.165) is 38.5 Å². The van der Waals surface area contributed by atoms with Gasteiger partial charge in [0.2, 0.25) is 0 Å². The van der Waals surface area contributed by atoms with Gasteiger partial charge in [-0.2, -0.15) is 0 Å². The van der Waals surface area contributed by atoms with E-state index in [9.17, 15) is 9.46 Å². The first-order valence-electron chi connectivity index (χ1n) is 5.74. The molecule has 0 aliphatic carbocycles. The molecule has 0 rings (SSSR count). The summed E-state index contributed by atoms with van der Waals surface area (Å²) >= 11 is 0. The van der Waals surface area contributed by atoms with Crippen LogP contribution in [0.3, 0.4) is 0 Å². The third-order valence-electron chi connectivity index (χ3n) is 2.00. The predicted octanol–water partition coefficient (Wildman–Crippen LogP) is 3.50. The fraction of sp³-hybridized carbons (Fsp3) is 1.00. The van der Waals surface area contributed by atoms with E-state index >= 15 is 0 Å². The molecule has 0 aromatic carbocycles. The van der Waals surface area contributed by atoms with Gasteiger partial charge in [-0.15, -0.1) is 0 Å². The van der Waals surface area contributed by atoms with Crippen LogP contribution in [0, 0.1) is 0 Å². The first kappa shape index (κ1) is 15.1. The van der Waals surface area contributed by atoms with E-state index < -0.39 is 7.82 Å². The second-order valence-corrected chi connectivity index (χ2v) is 5.00. The van der Waals surface area contributed by atoms with Gasteiger partial charge in [-0.25, -0.2) is 4.57 Å². The summed E-state index contributed by atoms with van der Waals surface area (Å²) in [6.45, 7) is 4.74. The van der Waals surface area contributed by atoms with Crippen molar-refractivity contribution < 1.29 is 18.5 Å². The highest BCUT2D eigenvalue weighted by Crippen LogP contribution is 2.43. The van der Waals surface area contributed by atoms with Crippen LogP contribution in [0.1, 0.15) is 52.4 Å². The fourth-order valence-electron chi connectivity index (χ4n) is 1.10. The van der Waals surface area contributed by atoms with Crippen molar-refractivity contribution in [2.45, 2.75) is 52.4 Å². The molecular weight excluding hydrogens is 215 g/mol. The zero-order valence-corrected chi connectivity index (χ0v) is 10.7. The topological polar surface area (TPSA) is 55.8 Å². The summed E-state index contributed by atoms with van der Waals surface area (Å²) in [4.78, 5) is 9.22. The van der Waals surface area contributed by atoms with Gasteiger partial charge in [0, 0.05) is 0 Å². The van der Waals surface area contributed by atoms with E-state index in [-0.39, 0.29) is 0 Å². The van der Waals surface area contributed by atoms with Crippen molar-refractivity contribution >= 4 is 7.82 Å². The second kappa shape index (κ2) is 9.34. The highest BCUT2D eigenvalue weighted by atomic mass is 31.2. The normalized spacial score (nSPS) is 11.9.